The lowest BCUT2D eigenvalue weighted by molar-refractivity contribution is 0.539. The molecular weight excluding hydrogens is 261 g/mol. The molecule has 0 atom stereocenters. The molecule has 0 saturated carbocycles. The standard InChI is InChI=1S/C11H9BrFNO/c12-11-5-8(7-15-11)6-14-10-3-1-9(13)2-4-10/h1-5,7,14H,6H2. The third-order valence-electron chi connectivity index (χ3n) is 1.96. The number of benzene rings is 1. The van der Waals surface area contributed by atoms with Crippen LogP contribution in [0.3, 0.4) is 0 Å². The lowest BCUT2D eigenvalue weighted by Gasteiger charge is -2.03. The molecule has 1 aromatic carbocycles. The maximum Gasteiger partial charge on any atom is 0.169 e. The van der Waals surface area contributed by atoms with Crippen LogP contribution in [-0.4, -0.2) is 0 Å². The second-order valence-electron chi connectivity index (χ2n) is 3.12. The van der Waals surface area contributed by atoms with Crippen LogP contribution in [0.2, 0.25) is 0 Å². The average molecular weight is 270 g/mol. The van der Waals surface area contributed by atoms with Crippen LogP contribution in [0, 0.1) is 5.82 Å². The lowest BCUT2D eigenvalue weighted by atomic mass is 10.3. The molecule has 15 heavy (non-hydrogen) atoms. The molecule has 0 fully saturated rings. The van der Waals surface area contributed by atoms with Gasteiger partial charge in [0.1, 0.15) is 5.82 Å². The summed E-state index contributed by atoms with van der Waals surface area (Å²) in [7, 11) is 0. The first-order valence-corrected chi connectivity index (χ1v) is 5.26. The Balaban J connectivity index is 1.96. The quantitative estimate of drug-likeness (QED) is 0.917. The SMILES string of the molecule is Fc1ccc(NCc2coc(Br)c2)cc1. The summed E-state index contributed by atoms with van der Waals surface area (Å²) in [5.74, 6) is -0.230. The van der Waals surface area contributed by atoms with Gasteiger partial charge in [0.15, 0.2) is 4.67 Å². The number of anilines is 1. The van der Waals surface area contributed by atoms with Crippen molar-refractivity contribution in [3.63, 3.8) is 0 Å². The minimum atomic E-state index is -0.230. The third kappa shape index (κ3) is 2.83. The Kier molecular flexibility index (Phi) is 3.06. The maximum atomic E-state index is 12.6. The monoisotopic (exact) mass is 269 g/mol. The zero-order valence-corrected chi connectivity index (χ0v) is 9.42. The summed E-state index contributed by atoms with van der Waals surface area (Å²) in [5.41, 5.74) is 1.92. The first kappa shape index (κ1) is 10.2. The van der Waals surface area contributed by atoms with Gasteiger partial charge in [0.2, 0.25) is 0 Å². The number of hydrogen-bond acceptors (Lipinski definition) is 2. The molecule has 4 heteroatoms. The molecule has 1 aromatic heterocycles. The van der Waals surface area contributed by atoms with Gasteiger partial charge in [-0.2, -0.15) is 0 Å². The Morgan fingerprint density at radius 2 is 2.00 bits per heavy atom. The van der Waals surface area contributed by atoms with Crippen molar-refractivity contribution in [1.82, 2.24) is 0 Å². The zero-order chi connectivity index (χ0) is 10.7. The van der Waals surface area contributed by atoms with E-state index < -0.39 is 0 Å². The number of nitrogens with one attached hydrogen (secondary N) is 1. The summed E-state index contributed by atoms with van der Waals surface area (Å²) in [6.45, 7) is 0.654. The van der Waals surface area contributed by atoms with E-state index in [0.29, 0.717) is 11.2 Å². The Labute approximate surface area is 95.2 Å². The van der Waals surface area contributed by atoms with E-state index in [1.165, 1.54) is 12.1 Å². The van der Waals surface area contributed by atoms with Crippen molar-refractivity contribution in [2.75, 3.05) is 5.32 Å². The van der Waals surface area contributed by atoms with Gasteiger partial charge in [-0.05, 0) is 46.3 Å². The first-order valence-electron chi connectivity index (χ1n) is 4.46. The normalized spacial score (nSPS) is 10.3. The molecule has 0 spiro atoms. The van der Waals surface area contributed by atoms with Crippen molar-refractivity contribution in [2.24, 2.45) is 0 Å². The third-order valence-corrected chi connectivity index (χ3v) is 2.38. The summed E-state index contributed by atoms with van der Waals surface area (Å²) < 4.78 is 18.4. The van der Waals surface area contributed by atoms with Crippen LogP contribution in [0.4, 0.5) is 10.1 Å². The van der Waals surface area contributed by atoms with Gasteiger partial charge in [-0.3, -0.25) is 0 Å². The molecule has 0 aliphatic heterocycles. The van der Waals surface area contributed by atoms with Crippen LogP contribution < -0.4 is 5.32 Å². The molecule has 1 N–H and O–H groups in total. The molecule has 0 aliphatic rings. The van der Waals surface area contributed by atoms with Crippen LogP contribution in [0.25, 0.3) is 0 Å². The highest BCUT2D eigenvalue weighted by molar-refractivity contribution is 9.10. The minimum absolute atomic E-state index is 0.230. The Bertz CT molecular complexity index is 438. The van der Waals surface area contributed by atoms with Gasteiger partial charge in [-0.15, -0.1) is 0 Å². The molecular formula is C11H9BrFNO. The predicted octanol–water partition coefficient (Wildman–Crippen LogP) is 3.79. The Hall–Kier alpha value is -1.29. The van der Waals surface area contributed by atoms with Crippen molar-refractivity contribution >= 4 is 21.6 Å². The molecule has 0 unspecified atom stereocenters. The summed E-state index contributed by atoms with van der Waals surface area (Å²) >= 11 is 3.22. The van der Waals surface area contributed by atoms with E-state index in [4.69, 9.17) is 4.42 Å². The molecule has 0 saturated heterocycles. The van der Waals surface area contributed by atoms with E-state index in [1.807, 2.05) is 6.07 Å². The highest BCUT2D eigenvalue weighted by Gasteiger charge is 1.98. The smallest absolute Gasteiger partial charge is 0.169 e. The molecule has 0 bridgehead atoms. The molecule has 0 aliphatic carbocycles. The number of halogens is 2. The summed E-state index contributed by atoms with van der Waals surface area (Å²) in [5, 5.41) is 3.15. The second-order valence-corrected chi connectivity index (χ2v) is 3.90. The highest BCUT2D eigenvalue weighted by Crippen LogP contribution is 2.16. The molecule has 0 amide bonds. The molecule has 2 aromatic rings. The van der Waals surface area contributed by atoms with E-state index in [2.05, 4.69) is 21.2 Å². The van der Waals surface area contributed by atoms with Crippen LogP contribution in [0.5, 0.6) is 0 Å². The molecule has 0 radical (unpaired) electrons. The fraction of sp³-hybridized carbons (Fsp3) is 0.0909. The van der Waals surface area contributed by atoms with Gasteiger partial charge in [-0.1, -0.05) is 0 Å². The predicted molar refractivity (Wildman–Crippen MR) is 60.1 cm³/mol. The highest BCUT2D eigenvalue weighted by atomic mass is 79.9. The van der Waals surface area contributed by atoms with Crippen molar-refractivity contribution in [2.45, 2.75) is 6.54 Å². The average Bonchev–Trinajstić information content (AvgIpc) is 2.64. The van der Waals surface area contributed by atoms with E-state index in [-0.39, 0.29) is 5.82 Å². The van der Waals surface area contributed by atoms with Gasteiger partial charge in [0.05, 0.1) is 6.26 Å². The Morgan fingerprint density at radius 3 is 2.60 bits per heavy atom. The lowest BCUT2D eigenvalue weighted by Crippen LogP contribution is -1.97. The van der Waals surface area contributed by atoms with E-state index in [9.17, 15) is 4.39 Å². The van der Waals surface area contributed by atoms with Crippen LogP contribution in [-0.2, 0) is 6.54 Å². The molecule has 2 nitrogen and oxygen atoms in total. The number of rotatable bonds is 3. The van der Waals surface area contributed by atoms with Crippen molar-refractivity contribution in [1.29, 1.82) is 0 Å². The van der Waals surface area contributed by atoms with E-state index in [0.717, 1.165) is 11.3 Å². The van der Waals surface area contributed by atoms with Gasteiger partial charge < -0.3 is 9.73 Å². The van der Waals surface area contributed by atoms with E-state index >= 15 is 0 Å². The van der Waals surface area contributed by atoms with Crippen LogP contribution in [0.15, 0.2) is 45.7 Å². The minimum Gasteiger partial charge on any atom is -0.457 e. The van der Waals surface area contributed by atoms with Gasteiger partial charge in [0.25, 0.3) is 0 Å². The van der Waals surface area contributed by atoms with Crippen LogP contribution in [0.1, 0.15) is 5.56 Å². The van der Waals surface area contributed by atoms with Crippen molar-refractivity contribution < 1.29 is 8.81 Å². The maximum absolute atomic E-state index is 12.6. The Morgan fingerprint density at radius 1 is 1.27 bits per heavy atom. The summed E-state index contributed by atoms with van der Waals surface area (Å²) in [6.07, 6.45) is 1.67. The topological polar surface area (TPSA) is 25.2 Å². The van der Waals surface area contributed by atoms with E-state index in [1.54, 1.807) is 18.4 Å². The van der Waals surface area contributed by atoms with Crippen molar-refractivity contribution in [3.05, 3.63) is 52.6 Å². The summed E-state index contributed by atoms with van der Waals surface area (Å²) in [4.78, 5) is 0. The molecule has 1 heterocycles. The summed E-state index contributed by atoms with van der Waals surface area (Å²) in [6, 6.07) is 8.13. The second kappa shape index (κ2) is 4.49. The van der Waals surface area contributed by atoms with Crippen LogP contribution >= 0.6 is 15.9 Å². The molecule has 78 valence electrons. The fourth-order valence-corrected chi connectivity index (χ4v) is 1.60. The fourth-order valence-electron chi connectivity index (χ4n) is 1.21. The zero-order valence-electron chi connectivity index (χ0n) is 7.84. The molecule has 2 rings (SSSR count). The number of hydrogen-bond donors (Lipinski definition) is 1. The largest absolute Gasteiger partial charge is 0.457 e. The van der Waals surface area contributed by atoms with Gasteiger partial charge >= 0.3 is 0 Å². The first-order chi connectivity index (χ1) is 7.24. The van der Waals surface area contributed by atoms with Crippen molar-refractivity contribution in [3.8, 4) is 0 Å². The number of furan rings is 1. The van der Waals surface area contributed by atoms with Gasteiger partial charge in [-0.25, -0.2) is 4.39 Å². The van der Waals surface area contributed by atoms with Gasteiger partial charge in [0, 0.05) is 17.8 Å².